The van der Waals surface area contributed by atoms with Gasteiger partial charge in [0, 0.05) is 6.54 Å². The average Bonchev–Trinajstić information content (AvgIpc) is 2.41. The molecule has 0 radical (unpaired) electrons. The Morgan fingerprint density at radius 1 is 1.19 bits per heavy atom. The number of benzene rings is 1. The van der Waals surface area contributed by atoms with Gasteiger partial charge in [0.1, 0.15) is 5.82 Å². The summed E-state index contributed by atoms with van der Waals surface area (Å²) >= 11 is 0. The van der Waals surface area contributed by atoms with Crippen LogP contribution in [0.5, 0.6) is 0 Å². The average molecular weight is 298 g/mol. The second-order valence-electron chi connectivity index (χ2n) is 5.71. The van der Waals surface area contributed by atoms with Crippen LogP contribution in [0.1, 0.15) is 56.3 Å². The molecule has 0 unspecified atom stereocenters. The SMILES string of the molecule is CC(C)CCCCCCNC(=O)c1cc(F)cc(N)c1F. The normalized spacial score (nSPS) is 10.9. The van der Waals surface area contributed by atoms with E-state index in [0.29, 0.717) is 12.5 Å². The molecule has 1 rings (SSSR count). The highest BCUT2D eigenvalue weighted by Gasteiger charge is 2.15. The summed E-state index contributed by atoms with van der Waals surface area (Å²) in [7, 11) is 0. The highest BCUT2D eigenvalue weighted by Crippen LogP contribution is 2.17. The standard InChI is InChI=1S/C16H24F2N2O/c1-11(2)7-5-3-4-6-8-20-16(21)13-9-12(17)10-14(19)15(13)18/h9-11H,3-8,19H2,1-2H3,(H,20,21). The van der Waals surface area contributed by atoms with Crippen LogP contribution in [0.4, 0.5) is 14.5 Å². The lowest BCUT2D eigenvalue weighted by Crippen LogP contribution is -2.26. The van der Waals surface area contributed by atoms with Crippen LogP contribution in [-0.2, 0) is 0 Å². The predicted molar refractivity (Wildman–Crippen MR) is 81.0 cm³/mol. The van der Waals surface area contributed by atoms with E-state index >= 15 is 0 Å². The quantitative estimate of drug-likeness (QED) is 0.565. The van der Waals surface area contributed by atoms with Crippen LogP contribution in [0.2, 0.25) is 0 Å². The summed E-state index contributed by atoms with van der Waals surface area (Å²) in [5, 5.41) is 2.59. The van der Waals surface area contributed by atoms with E-state index in [1.54, 1.807) is 0 Å². The first-order valence-corrected chi connectivity index (χ1v) is 7.44. The molecule has 3 N–H and O–H groups in total. The Labute approximate surface area is 124 Å². The third-order valence-electron chi connectivity index (χ3n) is 3.30. The van der Waals surface area contributed by atoms with Crippen LogP contribution in [0, 0.1) is 17.6 Å². The number of unbranched alkanes of at least 4 members (excludes halogenated alkanes) is 3. The minimum Gasteiger partial charge on any atom is -0.396 e. The molecule has 0 bridgehead atoms. The molecule has 5 heteroatoms. The molecule has 1 amide bonds. The van der Waals surface area contributed by atoms with Crippen LogP contribution in [0.25, 0.3) is 0 Å². The van der Waals surface area contributed by atoms with Gasteiger partial charge in [0.25, 0.3) is 5.91 Å². The lowest BCUT2D eigenvalue weighted by Gasteiger charge is -2.08. The third-order valence-corrected chi connectivity index (χ3v) is 3.30. The second kappa shape index (κ2) is 8.60. The molecule has 0 aliphatic rings. The van der Waals surface area contributed by atoms with Gasteiger partial charge in [-0.25, -0.2) is 8.78 Å². The van der Waals surface area contributed by atoms with Crippen LogP contribution >= 0.6 is 0 Å². The zero-order chi connectivity index (χ0) is 15.8. The van der Waals surface area contributed by atoms with Crippen molar-refractivity contribution in [3.05, 3.63) is 29.3 Å². The van der Waals surface area contributed by atoms with Crippen molar-refractivity contribution in [2.24, 2.45) is 5.92 Å². The molecule has 0 fully saturated rings. The van der Waals surface area contributed by atoms with E-state index in [4.69, 9.17) is 5.73 Å². The van der Waals surface area contributed by atoms with E-state index in [0.717, 1.165) is 31.4 Å². The van der Waals surface area contributed by atoms with Crippen molar-refractivity contribution < 1.29 is 13.6 Å². The number of amides is 1. The third kappa shape index (κ3) is 6.10. The highest BCUT2D eigenvalue weighted by atomic mass is 19.1. The van der Waals surface area contributed by atoms with Gasteiger partial charge in [-0.1, -0.05) is 39.5 Å². The molecule has 0 atom stereocenters. The van der Waals surface area contributed by atoms with Gasteiger partial charge in [-0.05, 0) is 24.5 Å². The van der Waals surface area contributed by atoms with Crippen LogP contribution in [-0.4, -0.2) is 12.5 Å². The molecule has 1 aromatic rings. The molecule has 21 heavy (non-hydrogen) atoms. The summed E-state index contributed by atoms with van der Waals surface area (Å²) in [6.07, 6.45) is 5.35. The number of rotatable bonds is 8. The zero-order valence-corrected chi connectivity index (χ0v) is 12.7. The summed E-state index contributed by atoms with van der Waals surface area (Å²) in [6, 6.07) is 1.73. The number of hydrogen-bond donors (Lipinski definition) is 2. The van der Waals surface area contributed by atoms with Crippen molar-refractivity contribution in [3.8, 4) is 0 Å². The maximum absolute atomic E-state index is 13.6. The van der Waals surface area contributed by atoms with Gasteiger partial charge in [-0.3, -0.25) is 4.79 Å². The minimum absolute atomic E-state index is 0.340. The number of carbonyl (C=O) groups excluding carboxylic acids is 1. The van der Waals surface area contributed by atoms with E-state index in [9.17, 15) is 13.6 Å². The van der Waals surface area contributed by atoms with Gasteiger partial charge in [-0.15, -0.1) is 0 Å². The highest BCUT2D eigenvalue weighted by molar-refractivity contribution is 5.95. The van der Waals surface area contributed by atoms with Crippen molar-refractivity contribution in [1.82, 2.24) is 5.32 Å². The molecule has 1 aromatic carbocycles. The molecule has 0 aliphatic carbocycles. The number of nitrogen functional groups attached to an aromatic ring is 1. The molecule has 0 saturated carbocycles. The van der Waals surface area contributed by atoms with Crippen LogP contribution in [0.15, 0.2) is 12.1 Å². The lowest BCUT2D eigenvalue weighted by atomic mass is 10.0. The molecular weight excluding hydrogens is 274 g/mol. The van der Waals surface area contributed by atoms with Gasteiger partial charge >= 0.3 is 0 Å². The number of nitrogens with one attached hydrogen (secondary N) is 1. The summed E-state index contributed by atoms with van der Waals surface area (Å²) < 4.78 is 26.8. The fourth-order valence-electron chi connectivity index (χ4n) is 2.10. The van der Waals surface area contributed by atoms with E-state index in [1.165, 1.54) is 12.8 Å². The van der Waals surface area contributed by atoms with E-state index in [1.807, 2.05) is 0 Å². The minimum atomic E-state index is -0.870. The maximum atomic E-state index is 13.6. The van der Waals surface area contributed by atoms with Crippen molar-refractivity contribution in [1.29, 1.82) is 0 Å². The first-order valence-electron chi connectivity index (χ1n) is 7.44. The Hall–Kier alpha value is -1.65. The Morgan fingerprint density at radius 2 is 1.86 bits per heavy atom. The Morgan fingerprint density at radius 3 is 2.52 bits per heavy atom. The van der Waals surface area contributed by atoms with Crippen molar-refractivity contribution >= 4 is 11.6 Å². The van der Waals surface area contributed by atoms with E-state index < -0.39 is 17.5 Å². The van der Waals surface area contributed by atoms with Crippen molar-refractivity contribution in [3.63, 3.8) is 0 Å². The van der Waals surface area contributed by atoms with Crippen molar-refractivity contribution in [2.45, 2.75) is 46.0 Å². The smallest absolute Gasteiger partial charge is 0.254 e. The number of halogens is 2. The first-order chi connectivity index (χ1) is 9.91. The van der Waals surface area contributed by atoms with Gasteiger partial charge in [0.15, 0.2) is 5.82 Å². The largest absolute Gasteiger partial charge is 0.396 e. The fraction of sp³-hybridized carbons (Fsp3) is 0.562. The lowest BCUT2D eigenvalue weighted by molar-refractivity contribution is 0.0948. The first kappa shape index (κ1) is 17.4. The Kier molecular flexibility index (Phi) is 7.12. The van der Waals surface area contributed by atoms with Crippen molar-refractivity contribution in [2.75, 3.05) is 12.3 Å². The number of nitrogens with two attached hydrogens (primary N) is 1. The summed E-state index contributed by atoms with van der Waals surface area (Å²) in [4.78, 5) is 11.8. The van der Waals surface area contributed by atoms with Crippen LogP contribution < -0.4 is 11.1 Å². The number of carbonyl (C=O) groups is 1. The molecule has 0 spiro atoms. The van der Waals surface area contributed by atoms with Gasteiger partial charge in [0.2, 0.25) is 0 Å². The molecule has 0 aliphatic heterocycles. The fourth-order valence-corrected chi connectivity index (χ4v) is 2.10. The van der Waals surface area contributed by atoms with Gasteiger partial charge < -0.3 is 11.1 Å². The summed E-state index contributed by atoms with van der Waals surface area (Å²) in [5.74, 6) is -1.49. The maximum Gasteiger partial charge on any atom is 0.254 e. The summed E-state index contributed by atoms with van der Waals surface area (Å²) in [5.41, 5.74) is 4.60. The van der Waals surface area contributed by atoms with Gasteiger partial charge in [-0.2, -0.15) is 0 Å². The molecular formula is C16H24F2N2O. The number of hydrogen-bond acceptors (Lipinski definition) is 2. The van der Waals surface area contributed by atoms with E-state index in [2.05, 4.69) is 19.2 Å². The summed E-state index contributed by atoms with van der Waals surface area (Å²) in [6.45, 7) is 4.84. The second-order valence-corrected chi connectivity index (χ2v) is 5.71. The van der Waals surface area contributed by atoms with E-state index in [-0.39, 0.29) is 11.3 Å². The Bertz CT molecular complexity index is 476. The molecule has 118 valence electrons. The molecule has 0 saturated heterocycles. The monoisotopic (exact) mass is 298 g/mol. The van der Waals surface area contributed by atoms with Gasteiger partial charge in [0.05, 0.1) is 11.3 Å². The topological polar surface area (TPSA) is 55.1 Å². The Balaban J connectivity index is 2.32. The molecule has 0 aromatic heterocycles. The molecule has 0 heterocycles. The molecule has 3 nitrogen and oxygen atoms in total. The van der Waals surface area contributed by atoms with Crippen LogP contribution in [0.3, 0.4) is 0 Å². The zero-order valence-electron chi connectivity index (χ0n) is 12.7. The predicted octanol–water partition coefficient (Wildman–Crippen LogP) is 3.88. The number of anilines is 1.